The minimum Gasteiger partial charge on any atom is -0.370 e. The second kappa shape index (κ2) is 6.38. The molecule has 0 radical (unpaired) electrons. The quantitative estimate of drug-likeness (QED) is 0.854. The van der Waals surface area contributed by atoms with Gasteiger partial charge in [-0.25, -0.2) is 0 Å². The summed E-state index contributed by atoms with van der Waals surface area (Å²) in [6.07, 6.45) is 2.12. The Morgan fingerprint density at radius 1 is 1.37 bits per heavy atom. The Kier molecular flexibility index (Phi) is 4.81. The molecule has 1 heterocycles. The molecular weight excluding hydrogens is 285 g/mol. The zero-order valence-electron chi connectivity index (χ0n) is 10.2. The number of nitrogens with zero attached hydrogens (tertiary/aromatic N) is 1. The summed E-state index contributed by atoms with van der Waals surface area (Å²) in [6, 6.07) is 6.85. The minimum absolute atomic E-state index is 0.194. The summed E-state index contributed by atoms with van der Waals surface area (Å²) in [5.74, 6) is -1.04. The van der Waals surface area contributed by atoms with Crippen LogP contribution in [0.3, 0.4) is 0 Å². The molecule has 1 aromatic rings. The highest BCUT2D eigenvalue weighted by atomic mass is 35.5. The summed E-state index contributed by atoms with van der Waals surface area (Å²) in [7, 11) is 0. The van der Waals surface area contributed by atoms with E-state index in [0.29, 0.717) is 28.6 Å². The van der Waals surface area contributed by atoms with E-state index in [1.165, 1.54) is 0 Å². The number of nitriles is 1. The normalized spacial score (nSPS) is 20.6. The number of Topliss-reactive ketones (excluding diaryl/α,β-unsaturated/α-hetero) is 1. The fraction of sp³-hybridized carbons (Fsp3) is 0.429. The Labute approximate surface area is 122 Å². The van der Waals surface area contributed by atoms with Crippen LogP contribution in [0.15, 0.2) is 18.2 Å². The Morgan fingerprint density at radius 3 is 2.74 bits per heavy atom. The number of benzene rings is 1. The van der Waals surface area contributed by atoms with Gasteiger partial charge in [-0.3, -0.25) is 4.79 Å². The summed E-state index contributed by atoms with van der Waals surface area (Å²) < 4.78 is 5.44. The number of ether oxygens (including phenoxy) is 1. The number of halogens is 2. The molecule has 0 saturated carbocycles. The lowest BCUT2D eigenvalue weighted by Crippen LogP contribution is -2.32. The van der Waals surface area contributed by atoms with Crippen molar-refractivity contribution < 1.29 is 9.53 Å². The van der Waals surface area contributed by atoms with Crippen LogP contribution in [0.1, 0.15) is 30.7 Å². The van der Waals surface area contributed by atoms with Crippen molar-refractivity contribution in [2.24, 2.45) is 0 Å². The van der Waals surface area contributed by atoms with E-state index in [9.17, 15) is 10.1 Å². The SMILES string of the molecule is N#CC(C(=O)C1CCCCO1)c1ccc(Cl)c(Cl)c1. The maximum absolute atomic E-state index is 12.3. The lowest BCUT2D eigenvalue weighted by Gasteiger charge is -2.23. The molecule has 1 aliphatic heterocycles. The molecule has 1 aromatic carbocycles. The summed E-state index contributed by atoms with van der Waals surface area (Å²) in [4.78, 5) is 12.3. The zero-order chi connectivity index (χ0) is 13.8. The summed E-state index contributed by atoms with van der Waals surface area (Å²) in [6.45, 7) is 0.579. The molecule has 0 N–H and O–H groups in total. The molecule has 0 spiro atoms. The first-order valence-corrected chi connectivity index (χ1v) is 6.89. The third-order valence-corrected chi connectivity index (χ3v) is 3.93. The highest BCUT2D eigenvalue weighted by molar-refractivity contribution is 6.42. The molecule has 2 unspecified atom stereocenters. The molecular formula is C14H13Cl2NO2. The fourth-order valence-corrected chi connectivity index (χ4v) is 2.45. The van der Waals surface area contributed by atoms with E-state index < -0.39 is 12.0 Å². The third kappa shape index (κ3) is 3.27. The van der Waals surface area contributed by atoms with Crippen LogP contribution in [-0.2, 0) is 9.53 Å². The van der Waals surface area contributed by atoms with Gasteiger partial charge in [-0.15, -0.1) is 0 Å². The molecule has 1 aliphatic rings. The number of hydrogen-bond acceptors (Lipinski definition) is 3. The Bertz CT molecular complexity index is 519. The maximum atomic E-state index is 12.3. The van der Waals surface area contributed by atoms with Gasteiger partial charge in [0.25, 0.3) is 0 Å². The monoisotopic (exact) mass is 297 g/mol. The molecule has 0 aliphatic carbocycles. The first-order valence-electron chi connectivity index (χ1n) is 6.13. The maximum Gasteiger partial charge on any atom is 0.183 e. The predicted octanol–water partition coefficient (Wildman–Crippen LogP) is 3.74. The van der Waals surface area contributed by atoms with E-state index in [4.69, 9.17) is 27.9 Å². The molecule has 0 amide bonds. The third-order valence-electron chi connectivity index (χ3n) is 3.19. The summed E-state index contributed by atoms with van der Waals surface area (Å²) >= 11 is 11.8. The van der Waals surface area contributed by atoms with Gasteiger partial charge in [-0.2, -0.15) is 5.26 Å². The molecule has 3 nitrogen and oxygen atoms in total. The van der Waals surface area contributed by atoms with Crippen molar-refractivity contribution in [3.63, 3.8) is 0 Å². The number of carbonyl (C=O) groups excluding carboxylic acids is 1. The smallest absolute Gasteiger partial charge is 0.183 e. The first-order chi connectivity index (χ1) is 9.13. The van der Waals surface area contributed by atoms with Gasteiger partial charge in [0.2, 0.25) is 0 Å². The zero-order valence-corrected chi connectivity index (χ0v) is 11.7. The summed E-state index contributed by atoms with van der Waals surface area (Å²) in [5.41, 5.74) is 0.566. The van der Waals surface area contributed by atoms with Crippen LogP contribution in [-0.4, -0.2) is 18.5 Å². The summed E-state index contributed by atoms with van der Waals surface area (Å²) in [5, 5.41) is 9.99. The Balaban J connectivity index is 2.21. The Morgan fingerprint density at radius 2 is 2.16 bits per heavy atom. The lowest BCUT2D eigenvalue weighted by molar-refractivity contribution is -0.133. The van der Waals surface area contributed by atoms with Gasteiger partial charge in [-0.05, 0) is 37.0 Å². The van der Waals surface area contributed by atoms with Crippen molar-refractivity contribution in [3.05, 3.63) is 33.8 Å². The average molecular weight is 298 g/mol. The van der Waals surface area contributed by atoms with Gasteiger partial charge < -0.3 is 4.74 Å². The number of ketones is 1. The van der Waals surface area contributed by atoms with Crippen molar-refractivity contribution >= 4 is 29.0 Å². The largest absolute Gasteiger partial charge is 0.370 e. The second-order valence-corrected chi connectivity index (χ2v) is 5.31. The molecule has 2 rings (SSSR count). The molecule has 0 bridgehead atoms. The van der Waals surface area contributed by atoms with Crippen LogP contribution >= 0.6 is 23.2 Å². The van der Waals surface area contributed by atoms with E-state index in [2.05, 4.69) is 0 Å². The predicted molar refractivity (Wildman–Crippen MR) is 73.4 cm³/mol. The van der Waals surface area contributed by atoms with Gasteiger partial charge in [0.05, 0.1) is 16.1 Å². The first kappa shape index (κ1) is 14.3. The van der Waals surface area contributed by atoms with Gasteiger partial charge in [0.15, 0.2) is 5.78 Å². The van der Waals surface area contributed by atoms with Crippen LogP contribution < -0.4 is 0 Å². The van der Waals surface area contributed by atoms with Crippen LogP contribution in [0, 0.1) is 11.3 Å². The van der Waals surface area contributed by atoms with Gasteiger partial charge in [-0.1, -0.05) is 29.3 Å². The van der Waals surface area contributed by atoms with Crippen molar-refractivity contribution in [1.82, 2.24) is 0 Å². The van der Waals surface area contributed by atoms with Crippen LogP contribution in [0.2, 0.25) is 10.0 Å². The average Bonchev–Trinajstić information content (AvgIpc) is 2.44. The molecule has 1 saturated heterocycles. The topological polar surface area (TPSA) is 50.1 Å². The van der Waals surface area contributed by atoms with Crippen LogP contribution in [0.4, 0.5) is 0 Å². The second-order valence-electron chi connectivity index (χ2n) is 4.49. The molecule has 0 aromatic heterocycles. The highest BCUT2D eigenvalue weighted by Crippen LogP contribution is 2.29. The molecule has 5 heteroatoms. The van der Waals surface area contributed by atoms with Crippen molar-refractivity contribution in [1.29, 1.82) is 5.26 Å². The van der Waals surface area contributed by atoms with Crippen LogP contribution in [0.25, 0.3) is 0 Å². The van der Waals surface area contributed by atoms with E-state index >= 15 is 0 Å². The lowest BCUT2D eigenvalue weighted by atomic mass is 9.90. The van der Waals surface area contributed by atoms with E-state index in [-0.39, 0.29) is 5.78 Å². The standard InChI is InChI=1S/C14H13Cl2NO2/c15-11-5-4-9(7-12(11)16)10(8-17)14(18)13-3-1-2-6-19-13/h4-5,7,10,13H,1-3,6H2. The number of rotatable bonds is 3. The van der Waals surface area contributed by atoms with E-state index in [1.54, 1.807) is 18.2 Å². The number of hydrogen-bond donors (Lipinski definition) is 0. The Hall–Kier alpha value is -1.08. The van der Waals surface area contributed by atoms with Gasteiger partial charge in [0.1, 0.15) is 12.0 Å². The van der Waals surface area contributed by atoms with Crippen molar-refractivity contribution in [2.45, 2.75) is 31.3 Å². The van der Waals surface area contributed by atoms with E-state index in [1.807, 2.05) is 6.07 Å². The van der Waals surface area contributed by atoms with Gasteiger partial charge in [0, 0.05) is 6.61 Å². The van der Waals surface area contributed by atoms with Gasteiger partial charge >= 0.3 is 0 Å². The molecule has 19 heavy (non-hydrogen) atoms. The van der Waals surface area contributed by atoms with E-state index in [0.717, 1.165) is 12.8 Å². The fourth-order valence-electron chi connectivity index (χ4n) is 2.15. The molecule has 1 fully saturated rings. The highest BCUT2D eigenvalue weighted by Gasteiger charge is 2.30. The number of carbonyl (C=O) groups is 1. The van der Waals surface area contributed by atoms with Crippen molar-refractivity contribution in [2.75, 3.05) is 6.61 Å². The van der Waals surface area contributed by atoms with Crippen LogP contribution in [0.5, 0.6) is 0 Å². The van der Waals surface area contributed by atoms with Crippen molar-refractivity contribution in [3.8, 4) is 6.07 Å². The minimum atomic E-state index is -0.849. The molecule has 100 valence electrons. The molecule has 2 atom stereocenters.